The van der Waals surface area contributed by atoms with Gasteiger partial charge in [-0.1, -0.05) is 158 Å². The predicted molar refractivity (Wildman–Crippen MR) is 476 cm³/mol. The molecule has 0 radical (unpaired) electrons. The minimum Gasteiger partial charge on any atom is -0.462 e. The first kappa shape index (κ1) is 115. The Bertz CT molecular complexity index is 3700. The van der Waals surface area contributed by atoms with Crippen LogP contribution in [0.2, 0.25) is 0 Å². The number of carbonyl (C=O) groups is 12. The van der Waals surface area contributed by atoms with Crippen molar-refractivity contribution in [1.29, 1.82) is 0 Å². The minimum absolute atomic E-state index is 0. The molecule has 6 aliphatic heterocycles. The van der Waals surface area contributed by atoms with Crippen LogP contribution in [-0.4, -0.2) is 144 Å². The van der Waals surface area contributed by atoms with E-state index in [9.17, 15) is 57.5 Å². The monoisotopic (exact) mass is 1750 g/mol. The number of hydrogen-bond acceptors (Lipinski definition) is 24. The molecule has 24 heteroatoms. The molecule has 24 nitrogen and oxygen atoms in total. The van der Waals surface area contributed by atoms with Crippen molar-refractivity contribution in [2.45, 2.75) is 416 Å². The van der Waals surface area contributed by atoms with Crippen LogP contribution in [-0.2, 0) is 114 Å². The Balaban J connectivity index is 0.000000724. The lowest BCUT2D eigenvalue weighted by Crippen LogP contribution is -2.47. The summed E-state index contributed by atoms with van der Waals surface area (Å²) in [5.41, 5.74) is -2.99. The zero-order valence-corrected chi connectivity index (χ0v) is 69.6. The normalized spacial score (nSPS) is 38.1. The first-order valence-corrected chi connectivity index (χ1v) is 42.3. The van der Waals surface area contributed by atoms with Crippen LogP contribution in [0.1, 0.15) is 344 Å². The van der Waals surface area contributed by atoms with Crippen LogP contribution >= 0.6 is 0 Å². The van der Waals surface area contributed by atoms with Gasteiger partial charge in [0, 0.05) is 70.5 Å². The van der Waals surface area contributed by atoms with Gasteiger partial charge < -0.3 is 56.8 Å². The van der Waals surface area contributed by atoms with Gasteiger partial charge in [0.05, 0.1) is 62.6 Å². The lowest BCUT2D eigenvalue weighted by molar-refractivity contribution is -0.181. The van der Waals surface area contributed by atoms with E-state index in [0.29, 0.717) is 41.4 Å². The van der Waals surface area contributed by atoms with E-state index in [2.05, 4.69) is 20.8 Å². The van der Waals surface area contributed by atoms with Crippen molar-refractivity contribution in [2.75, 3.05) is 0 Å². The molecule has 12 saturated carbocycles. The Morgan fingerprint density at radius 2 is 0.740 bits per heavy atom. The fourth-order valence-electron chi connectivity index (χ4n) is 22.6. The van der Waals surface area contributed by atoms with Gasteiger partial charge in [0.1, 0.15) is 78.7 Å². The van der Waals surface area contributed by atoms with Crippen molar-refractivity contribution < 1.29 is 114 Å². The second kappa shape index (κ2) is 40.5. The molecule has 0 aromatic carbocycles. The van der Waals surface area contributed by atoms with Gasteiger partial charge in [0.15, 0.2) is 0 Å². The molecule has 12 bridgehead atoms. The van der Waals surface area contributed by atoms with Crippen molar-refractivity contribution >= 4 is 71.6 Å². The van der Waals surface area contributed by atoms with Crippen molar-refractivity contribution in [2.24, 2.45) is 144 Å². The van der Waals surface area contributed by atoms with Crippen molar-refractivity contribution in [1.82, 2.24) is 0 Å². The molecule has 18 fully saturated rings. The lowest BCUT2D eigenvalue weighted by Gasteiger charge is -2.36. The molecule has 31 atom stereocenters. The number of ether oxygens (including phenoxy) is 12. The first-order valence-electron chi connectivity index (χ1n) is 42.3. The Labute approximate surface area is 743 Å². The predicted octanol–water partition coefficient (Wildman–Crippen LogP) is 20.2. The maximum Gasteiger partial charge on any atom is 0.313 e. The van der Waals surface area contributed by atoms with Crippen LogP contribution in [0.4, 0.5) is 0 Å². The molecule has 18 aliphatic rings. The van der Waals surface area contributed by atoms with Gasteiger partial charge >= 0.3 is 71.6 Å². The Morgan fingerprint density at radius 3 is 1.20 bits per heavy atom. The van der Waals surface area contributed by atoms with E-state index in [0.717, 1.165) is 109 Å². The highest BCUT2D eigenvalue weighted by Gasteiger charge is 2.74. The number of esters is 12. The third-order valence-corrected chi connectivity index (χ3v) is 32.1. The molecular weight excluding hydrogens is 1570 g/mol. The summed E-state index contributed by atoms with van der Waals surface area (Å²) in [7, 11) is 0. The van der Waals surface area contributed by atoms with E-state index in [1.54, 1.807) is 0 Å². The summed E-state index contributed by atoms with van der Waals surface area (Å²) < 4.78 is 66.8. The second-order valence-corrected chi connectivity index (χ2v) is 40.8. The lowest BCUT2D eigenvalue weighted by atomic mass is 9.79. The molecule has 0 N–H and O–H groups in total. The highest BCUT2D eigenvalue weighted by molar-refractivity contribution is 5.83. The van der Waals surface area contributed by atoms with Crippen LogP contribution < -0.4 is 0 Å². The van der Waals surface area contributed by atoms with Gasteiger partial charge in [-0.2, -0.15) is 0 Å². The first-order chi connectivity index (χ1) is 51.8. The van der Waals surface area contributed by atoms with Crippen LogP contribution in [0.25, 0.3) is 0 Å². The van der Waals surface area contributed by atoms with Crippen LogP contribution in [0.15, 0.2) is 0 Å². The van der Waals surface area contributed by atoms with E-state index in [4.69, 9.17) is 56.8 Å². The molecule has 18 rings (SSSR count). The SMILES string of the molecule is C.C.C.C.C.C.C.C.C.C.C.C.CCC(C)(C)C(=O)OC1C2CC3C(=O)OC1(C)C3C2.CCC(C)(C)C(=O)OC1C2CC3C(=O)OC1C3C2.CCC(C)(C)C(=O)OC1C2CC3OC(=O)C1C3C2.CCC(C)(C)C(=O)OC1C2OC(=O)C3CC1(C)CC32.CCC(C)(C)C(=O)OC1C2OC(=O)C3CC1C(C)(C)C32.CCC(C)C(=O)OC1C2CC3C(=O)OC1C3C2. The molecule has 123 heavy (non-hydrogen) atoms. The zero-order chi connectivity index (χ0) is 81.2. The molecule has 0 spiro atoms. The second-order valence-electron chi connectivity index (χ2n) is 40.8. The third-order valence-electron chi connectivity index (χ3n) is 32.1. The highest BCUT2D eigenvalue weighted by atomic mass is 16.6. The number of fused-ring (bicyclic) bond motifs is 6. The molecule has 6 saturated heterocycles. The summed E-state index contributed by atoms with van der Waals surface area (Å²) in [6.45, 7) is 41.1. The molecule has 714 valence electrons. The van der Waals surface area contributed by atoms with Crippen molar-refractivity contribution in [3.63, 3.8) is 0 Å². The molecule has 0 aromatic heterocycles. The van der Waals surface area contributed by atoms with Gasteiger partial charge in [-0.25, -0.2) is 0 Å². The molecule has 31 unspecified atom stereocenters. The maximum atomic E-state index is 12.3. The molecule has 0 aromatic rings. The van der Waals surface area contributed by atoms with E-state index in [-0.39, 0.29) is 304 Å². The largest absolute Gasteiger partial charge is 0.462 e. The van der Waals surface area contributed by atoms with E-state index in [1.807, 2.05) is 125 Å². The Hall–Kier alpha value is -6.36. The van der Waals surface area contributed by atoms with Crippen molar-refractivity contribution in [3.8, 4) is 0 Å². The zero-order valence-electron chi connectivity index (χ0n) is 69.6. The fourth-order valence-corrected chi connectivity index (χ4v) is 22.6. The van der Waals surface area contributed by atoms with Gasteiger partial charge in [0.2, 0.25) is 0 Å². The van der Waals surface area contributed by atoms with Gasteiger partial charge in [0.25, 0.3) is 0 Å². The average molecular weight is 1750 g/mol. The smallest absolute Gasteiger partial charge is 0.313 e. The van der Waals surface area contributed by atoms with Crippen LogP contribution in [0.3, 0.4) is 0 Å². The maximum absolute atomic E-state index is 12.3. The minimum atomic E-state index is -0.579. The number of rotatable bonds is 18. The van der Waals surface area contributed by atoms with Crippen LogP contribution in [0, 0.1) is 144 Å². The summed E-state index contributed by atoms with van der Waals surface area (Å²) >= 11 is 0. The van der Waals surface area contributed by atoms with E-state index in [1.165, 1.54) is 0 Å². The van der Waals surface area contributed by atoms with E-state index >= 15 is 0 Å². The fraction of sp³-hybridized carbons (Fsp3) is 0.879. The Kier molecular flexibility index (Phi) is 37.8. The van der Waals surface area contributed by atoms with Gasteiger partial charge in [-0.15, -0.1) is 0 Å². The number of carbonyl (C=O) groups excluding carboxylic acids is 12. The summed E-state index contributed by atoms with van der Waals surface area (Å²) in [6, 6.07) is 0. The molecular formula is C99H174O24. The summed E-state index contributed by atoms with van der Waals surface area (Å²) in [5, 5.41) is 0. The summed E-state index contributed by atoms with van der Waals surface area (Å²) in [4.78, 5) is 143. The van der Waals surface area contributed by atoms with Crippen molar-refractivity contribution in [3.05, 3.63) is 0 Å². The number of hydrogen-bond donors (Lipinski definition) is 0. The highest BCUT2D eigenvalue weighted by Crippen LogP contribution is 2.67. The Morgan fingerprint density at radius 1 is 0.358 bits per heavy atom. The summed E-state index contributed by atoms with van der Waals surface area (Å²) in [6.07, 6.45) is 12.3. The van der Waals surface area contributed by atoms with E-state index < -0.39 is 32.7 Å². The topological polar surface area (TPSA) is 316 Å². The quantitative estimate of drug-likeness (QED) is 0.0909. The third kappa shape index (κ3) is 19.4. The molecule has 0 amide bonds. The van der Waals surface area contributed by atoms with Crippen LogP contribution in [0.5, 0.6) is 0 Å². The average Bonchev–Trinajstić information content (AvgIpc) is 1.53. The molecule has 12 aliphatic carbocycles. The van der Waals surface area contributed by atoms with Gasteiger partial charge in [-0.3, -0.25) is 57.5 Å². The summed E-state index contributed by atoms with van der Waals surface area (Å²) in [5.74, 6) is 1.56. The van der Waals surface area contributed by atoms with Gasteiger partial charge in [-0.05, 0) is 191 Å². The standard InChI is InChI=1S/C16H24O4.2C15H22O4.2C14H20O4.C13H18O4.12CH4/c1-6-15(2,3)14(18)20-11-9-7-8-10(16(9,4)5)12(11)19-13(8)17;1-5-14(2,3)13(17)19-11-10-8-6-15(11,4)7-9(8)12(16)18-10;1-5-14(2,3)13(17)18-11-8-6-9-10(7-8)15(11,4)19-12(9)16;1-4-14(2,3)13(16)18-11-7-5-8-9(6-7)17-12(15)10(8)11;1-4-14(2,3)13(16)18-10-7-5-8-9(6-7)12(15)17-11(8)10;1-3-6(2)12(14)16-10-7-4-8-9(5-7)13(15)17-11(8)10;;;;;;;;;;;;/h8-12H,6-7H2,1-5H3;2*8-11H,5-7H2,1-4H3;2*7-11H,4-6H2,1-3H3;6-11H,3-5H2,1-2H3;12*1H4. The molecule has 6 heterocycles.